The first-order valence-corrected chi connectivity index (χ1v) is 10.6. The van der Waals surface area contributed by atoms with Crippen LogP contribution in [0.15, 0.2) is 53.3 Å². The van der Waals surface area contributed by atoms with Crippen LogP contribution in [0.4, 0.5) is 5.69 Å². The molecule has 0 unspecified atom stereocenters. The van der Waals surface area contributed by atoms with Crippen molar-refractivity contribution in [1.82, 2.24) is 14.7 Å². The maximum atomic E-state index is 12.9. The van der Waals surface area contributed by atoms with Crippen molar-refractivity contribution in [3.63, 3.8) is 0 Å². The molecule has 12 heteroatoms. The zero-order chi connectivity index (χ0) is 26.8. The summed E-state index contributed by atoms with van der Waals surface area (Å²) in [5.41, 5.74) is 2.37. The number of anilines is 1. The molecule has 0 saturated carbocycles. The average molecular weight is 501 g/mol. The summed E-state index contributed by atoms with van der Waals surface area (Å²) < 4.78 is 13.8. The number of carbonyl (C=O) groups is 3. The number of nitrogens with one attached hydrogen (secondary N) is 2. The van der Waals surface area contributed by atoms with Gasteiger partial charge in [0.05, 0.1) is 32.1 Å². The van der Waals surface area contributed by atoms with Crippen LogP contribution in [-0.2, 0) is 28.0 Å². The third-order valence-electron chi connectivity index (χ3n) is 5.06. The first-order chi connectivity index (χ1) is 17.1. The van der Waals surface area contributed by atoms with E-state index in [0.717, 1.165) is 11.3 Å². The lowest BCUT2D eigenvalue weighted by Crippen LogP contribution is -2.30. The van der Waals surface area contributed by atoms with Crippen molar-refractivity contribution in [2.45, 2.75) is 13.5 Å². The molecule has 0 aliphatic rings. The molecule has 2 aromatic carbocycles. The largest absolute Gasteiger partial charge is 0.493 e. The minimum atomic E-state index is -1.82. The van der Waals surface area contributed by atoms with Crippen molar-refractivity contribution in [3.8, 4) is 17.2 Å². The number of amides is 1. The van der Waals surface area contributed by atoms with Crippen molar-refractivity contribution < 1.29 is 34.1 Å². The number of aromatic nitrogens is 2. The maximum Gasteiger partial charge on any atom is 0.414 e. The quantitative estimate of drug-likeness (QED) is 0.335. The van der Waals surface area contributed by atoms with Gasteiger partial charge >= 0.3 is 11.9 Å². The Morgan fingerprint density at radius 1 is 0.944 bits per heavy atom. The van der Waals surface area contributed by atoms with Crippen molar-refractivity contribution in [2.24, 2.45) is 7.05 Å². The Hall–Kier alpha value is -4.58. The van der Waals surface area contributed by atoms with E-state index in [-0.39, 0.29) is 23.7 Å². The summed E-state index contributed by atoms with van der Waals surface area (Å²) in [7, 11) is 4.94. The summed E-state index contributed by atoms with van der Waals surface area (Å²) in [4.78, 5) is 43.5. The Morgan fingerprint density at radius 2 is 1.56 bits per heavy atom. The van der Waals surface area contributed by atoms with E-state index in [2.05, 4.69) is 10.6 Å². The van der Waals surface area contributed by atoms with E-state index in [1.807, 2.05) is 48.5 Å². The summed E-state index contributed by atoms with van der Waals surface area (Å²) >= 11 is 0. The highest BCUT2D eigenvalue weighted by atomic mass is 16.5. The number of hydrogen-bond acceptors (Lipinski definition) is 7. The highest BCUT2D eigenvalue weighted by Crippen LogP contribution is 2.27. The molecule has 3 rings (SSSR count). The minimum Gasteiger partial charge on any atom is -0.493 e. The summed E-state index contributed by atoms with van der Waals surface area (Å²) in [6.45, 7) is 2.33. The number of methoxy groups -OCH3 is 2. The number of para-hydroxylation sites is 1. The number of carbonyl (C=O) groups excluding carboxylic acids is 1. The number of carboxylic acid groups (broad SMARTS) is 2. The highest BCUT2D eigenvalue weighted by Gasteiger charge is 2.18. The second-order valence-electron chi connectivity index (χ2n) is 7.39. The van der Waals surface area contributed by atoms with E-state index in [1.54, 1.807) is 32.9 Å². The molecule has 0 aliphatic heterocycles. The lowest BCUT2D eigenvalue weighted by atomic mass is 10.2. The predicted octanol–water partition coefficient (Wildman–Crippen LogP) is 1.39. The molecule has 3 aromatic rings. The molecule has 0 atom stereocenters. The van der Waals surface area contributed by atoms with Gasteiger partial charge in [-0.1, -0.05) is 24.3 Å². The van der Waals surface area contributed by atoms with Crippen LogP contribution in [0, 0.1) is 6.92 Å². The number of nitrogens with zero attached hydrogens (tertiary/aromatic N) is 2. The van der Waals surface area contributed by atoms with Crippen LogP contribution in [0.5, 0.6) is 11.5 Å². The van der Waals surface area contributed by atoms with Crippen LogP contribution in [0.1, 0.15) is 11.3 Å². The molecule has 0 bridgehead atoms. The molecule has 0 spiro atoms. The fourth-order valence-electron chi connectivity index (χ4n) is 3.21. The van der Waals surface area contributed by atoms with Gasteiger partial charge < -0.3 is 30.3 Å². The fraction of sp³-hybridized carbons (Fsp3) is 0.250. The van der Waals surface area contributed by atoms with Gasteiger partial charge in [0.25, 0.3) is 5.56 Å². The normalized spacial score (nSPS) is 10.1. The molecule has 1 heterocycles. The van der Waals surface area contributed by atoms with Gasteiger partial charge in [-0.2, -0.15) is 0 Å². The Balaban J connectivity index is 0.000000678. The van der Waals surface area contributed by atoms with Crippen LogP contribution < -0.4 is 25.7 Å². The average Bonchev–Trinajstić information content (AvgIpc) is 3.07. The van der Waals surface area contributed by atoms with Gasteiger partial charge in [0, 0.05) is 13.6 Å². The smallest absolute Gasteiger partial charge is 0.414 e. The van der Waals surface area contributed by atoms with E-state index >= 15 is 0 Å². The predicted molar refractivity (Wildman–Crippen MR) is 131 cm³/mol. The summed E-state index contributed by atoms with van der Waals surface area (Å²) in [5.74, 6) is -2.66. The monoisotopic (exact) mass is 500 g/mol. The summed E-state index contributed by atoms with van der Waals surface area (Å²) in [5, 5.41) is 20.6. The van der Waals surface area contributed by atoms with Crippen molar-refractivity contribution >= 4 is 23.5 Å². The Kier molecular flexibility index (Phi) is 9.81. The van der Waals surface area contributed by atoms with Gasteiger partial charge in [0.15, 0.2) is 11.5 Å². The van der Waals surface area contributed by atoms with Gasteiger partial charge in [0.1, 0.15) is 5.69 Å². The zero-order valence-electron chi connectivity index (χ0n) is 20.3. The number of carboxylic acids is 2. The summed E-state index contributed by atoms with van der Waals surface area (Å²) in [6, 6.07) is 14.9. The van der Waals surface area contributed by atoms with E-state index in [4.69, 9.17) is 29.3 Å². The second-order valence-corrected chi connectivity index (χ2v) is 7.39. The third-order valence-corrected chi connectivity index (χ3v) is 5.06. The molecular weight excluding hydrogens is 472 g/mol. The van der Waals surface area contributed by atoms with Crippen LogP contribution in [0.25, 0.3) is 5.69 Å². The zero-order valence-corrected chi connectivity index (χ0v) is 20.3. The maximum absolute atomic E-state index is 12.9. The van der Waals surface area contributed by atoms with Crippen molar-refractivity contribution in [1.29, 1.82) is 0 Å². The standard InChI is InChI=1S/C22H26N4O4.C2H2O4/c1-15-21(22(28)26(25(15)2)17-8-6-5-7-9-17)24-20(27)14-23-13-16-10-11-18(29-3)19(12-16)30-4;3-1(4)2(5)6/h5-12,23H,13-14H2,1-4H3,(H,24,27);(H,3,4)(H,5,6). The fourth-order valence-corrected chi connectivity index (χ4v) is 3.21. The van der Waals surface area contributed by atoms with Crippen molar-refractivity contribution in [2.75, 3.05) is 26.1 Å². The number of rotatable bonds is 8. The number of ether oxygens (including phenoxy) is 2. The number of hydrogen-bond donors (Lipinski definition) is 4. The second kappa shape index (κ2) is 12.8. The van der Waals surface area contributed by atoms with E-state index < -0.39 is 11.9 Å². The van der Waals surface area contributed by atoms with Crippen LogP contribution in [-0.4, -0.2) is 58.2 Å². The highest BCUT2D eigenvalue weighted by molar-refractivity contribution is 6.27. The van der Waals surface area contributed by atoms with Gasteiger partial charge in [-0.25, -0.2) is 14.3 Å². The summed E-state index contributed by atoms with van der Waals surface area (Å²) in [6.07, 6.45) is 0. The molecule has 1 aromatic heterocycles. The van der Waals surface area contributed by atoms with Gasteiger partial charge in [-0.15, -0.1) is 0 Å². The van der Waals surface area contributed by atoms with Crippen LogP contribution >= 0.6 is 0 Å². The Morgan fingerprint density at radius 3 is 2.11 bits per heavy atom. The minimum absolute atomic E-state index is 0.0630. The molecule has 12 nitrogen and oxygen atoms in total. The Bertz CT molecular complexity index is 1270. The van der Waals surface area contributed by atoms with E-state index in [0.29, 0.717) is 23.7 Å². The molecule has 192 valence electrons. The van der Waals surface area contributed by atoms with Crippen LogP contribution in [0.2, 0.25) is 0 Å². The lowest BCUT2D eigenvalue weighted by molar-refractivity contribution is -0.159. The van der Waals surface area contributed by atoms with Gasteiger partial charge in [-0.3, -0.25) is 14.3 Å². The lowest BCUT2D eigenvalue weighted by Gasteiger charge is -2.10. The first-order valence-electron chi connectivity index (χ1n) is 10.6. The molecule has 36 heavy (non-hydrogen) atoms. The molecular formula is C24H28N4O8. The number of aliphatic carboxylic acids is 2. The van der Waals surface area contributed by atoms with E-state index in [9.17, 15) is 9.59 Å². The first kappa shape index (κ1) is 27.7. The molecule has 1 amide bonds. The molecule has 4 N–H and O–H groups in total. The molecule has 0 saturated heterocycles. The molecule has 0 fully saturated rings. The Labute approximate surface area is 206 Å². The number of benzene rings is 2. The molecule has 0 radical (unpaired) electrons. The van der Waals surface area contributed by atoms with Crippen LogP contribution in [0.3, 0.4) is 0 Å². The third kappa shape index (κ3) is 6.96. The molecule has 0 aliphatic carbocycles. The van der Waals surface area contributed by atoms with Gasteiger partial charge in [-0.05, 0) is 36.8 Å². The SMILES string of the molecule is COc1ccc(CNCC(=O)Nc2c(C)n(C)n(-c3ccccc3)c2=O)cc1OC.O=C(O)C(=O)O. The van der Waals surface area contributed by atoms with Gasteiger partial charge in [0.2, 0.25) is 5.91 Å². The topological polar surface area (TPSA) is 161 Å². The van der Waals surface area contributed by atoms with E-state index in [1.165, 1.54) is 4.68 Å². The van der Waals surface area contributed by atoms with Crippen molar-refractivity contribution in [3.05, 3.63) is 70.1 Å².